The average molecular weight is 448 g/mol. The first kappa shape index (κ1) is 19.3. The third-order valence-electron chi connectivity index (χ3n) is 3.97. The number of benzene rings is 2. The minimum Gasteiger partial charge on any atom is -0.391 e. The molecule has 0 aliphatic rings. The molecule has 0 amide bonds. The van der Waals surface area contributed by atoms with E-state index < -0.39 is 0 Å². The highest BCUT2D eigenvalue weighted by Gasteiger charge is 2.13. The largest absolute Gasteiger partial charge is 0.391 e. The fourth-order valence-electron chi connectivity index (χ4n) is 2.52. The van der Waals surface area contributed by atoms with Gasteiger partial charge in [-0.05, 0) is 36.8 Å². The number of nitrogens with zero attached hydrogens (tertiary/aromatic N) is 3. The maximum atomic E-state index is 6.03. The van der Waals surface area contributed by atoms with Gasteiger partial charge in [-0.15, -0.1) is 11.3 Å². The highest BCUT2D eigenvalue weighted by Crippen LogP contribution is 2.31. The number of halogens is 2. The van der Waals surface area contributed by atoms with Crippen LogP contribution in [0.1, 0.15) is 16.8 Å². The van der Waals surface area contributed by atoms with Crippen LogP contribution in [-0.4, -0.2) is 15.6 Å². The first-order chi connectivity index (χ1) is 13.6. The maximum absolute atomic E-state index is 6.03. The number of fused-ring (bicyclic) bond motifs is 1. The van der Waals surface area contributed by atoms with Crippen LogP contribution >= 0.6 is 46.3 Å². The number of hydrogen-bond acceptors (Lipinski definition) is 5. The fourth-order valence-corrected chi connectivity index (χ4v) is 4.50. The smallest absolute Gasteiger partial charge is 0.195 e. The molecule has 0 aliphatic heterocycles. The van der Waals surface area contributed by atoms with Gasteiger partial charge in [0.05, 0.1) is 16.3 Å². The summed E-state index contributed by atoms with van der Waals surface area (Å²) in [6.45, 7) is 2.38. The number of imidazole rings is 1. The van der Waals surface area contributed by atoms with Crippen LogP contribution < -0.4 is 0 Å². The van der Waals surface area contributed by atoms with Gasteiger partial charge in [-0.1, -0.05) is 63.9 Å². The van der Waals surface area contributed by atoms with E-state index in [2.05, 4.69) is 36.3 Å². The Balaban J connectivity index is 1.51. The summed E-state index contributed by atoms with van der Waals surface area (Å²) in [6, 6.07) is 13.7. The van der Waals surface area contributed by atoms with Crippen molar-refractivity contribution in [1.82, 2.24) is 9.38 Å². The minimum atomic E-state index is 0.305. The first-order valence-electron chi connectivity index (χ1n) is 8.39. The molecule has 4 nitrogen and oxygen atoms in total. The molecule has 4 aromatic rings. The van der Waals surface area contributed by atoms with Gasteiger partial charge < -0.3 is 4.84 Å². The van der Waals surface area contributed by atoms with Crippen LogP contribution in [0.15, 0.2) is 69.1 Å². The van der Waals surface area contributed by atoms with Crippen molar-refractivity contribution >= 4 is 57.5 Å². The van der Waals surface area contributed by atoms with Gasteiger partial charge in [-0.3, -0.25) is 4.40 Å². The van der Waals surface area contributed by atoms with Crippen molar-refractivity contribution in [2.75, 3.05) is 0 Å². The van der Waals surface area contributed by atoms with Crippen LogP contribution in [0.5, 0.6) is 0 Å². The molecular weight excluding hydrogens is 433 g/mol. The fraction of sp³-hybridized carbons (Fsp3) is 0.100. The first-order valence-corrected chi connectivity index (χ1v) is 10.8. The number of rotatable bonds is 6. The molecule has 0 unspecified atom stereocenters. The summed E-state index contributed by atoms with van der Waals surface area (Å²) < 4.78 is 2.01. The van der Waals surface area contributed by atoms with Crippen LogP contribution in [-0.2, 0) is 11.4 Å². The molecule has 0 N–H and O–H groups in total. The van der Waals surface area contributed by atoms with Crippen LogP contribution in [0.2, 0.25) is 10.0 Å². The number of aryl methyl sites for hydroxylation is 1. The number of aromatic nitrogens is 2. The topological polar surface area (TPSA) is 38.9 Å². The van der Waals surface area contributed by atoms with E-state index in [4.69, 9.17) is 33.0 Å². The molecule has 2 heterocycles. The third-order valence-corrected chi connectivity index (χ3v) is 6.46. The lowest BCUT2D eigenvalue weighted by atomic mass is 10.2. The predicted octanol–water partition coefficient (Wildman–Crippen LogP) is 6.71. The molecule has 0 fully saturated rings. The monoisotopic (exact) mass is 447 g/mol. The van der Waals surface area contributed by atoms with Crippen LogP contribution in [0, 0.1) is 6.92 Å². The number of oxime groups is 1. The Hall–Kier alpha value is -1.99. The van der Waals surface area contributed by atoms with Crippen molar-refractivity contribution in [1.29, 1.82) is 0 Å². The van der Waals surface area contributed by atoms with Crippen molar-refractivity contribution in [2.24, 2.45) is 5.16 Å². The molecular formula is C20H15Cl2N3OS2. The number of hydrogen-bond donors (Lipinski definition) is 0. The summed E-state index contributed by atoms with van der Waals surface area (Å²) in [6.07, 6.45) is 3.67. The summed E-state index contributed by atoms with van der Waals surface area (Å²) in [5.41, 5.74) is 3.01. The average Bonchev–Trinajstić information content (AvgIpc) is 3.25. The van der Waals surface area contributed by atoms with Crippen LogP contribution in [0.25, 0.3) is 4.96 Å². The molecule has 0 bridgehead atoms. The van der Waals surface area contributed by atoms with E-state index in [0.717, 1.165) is 26.1 Å². The van der Waals surface area contributed by atoms with Gasteiger partial charge in [-0.2, -0.15) is 0 Å². The minimum absolute atomic E-state index is 0.305. The highest BCUT2D eigenvalue weighted by molar-refractivity contribution is 7.99. The van der Waals surface area contributed by atoms with Gasteiger partial charge in [0.2, 0.25) is 0 Å². The quantitative estimate of drug-likeness (QED) is 0.243. The summed E-state index contributed by atoms with van der Waals surface area (Å²) >= 11 is 15.2. The summed E-state index contributed by atoms with van der Waals surface area (Å²) in [7, 11) is 0. The molecule has 0 saturated carbocycles. The molecule has 142 valence electrons. The van der Waals surface area contributed by atoms with E-state index >= 15 is 0 Å². The zero-order chi connectivity index (χ0) is 19.5. The zero-order valence-electron chi connectivity index (χ0n) is 14.8. The standard InChI is InChI=1S/C20H15Cl2N3OS2/c1-13-2-5-15(6-3-13)28-19-18(25-8-9-27-20(25)24-19)11-23-26-12-14-4-7-16(21)17(22)10-14/h2-11H,12H2,1H3/b23-11-. The molecule has 8 heteroatoms. The third kappa shape index (κ3) is 4.36. The van der Waals surface area contributed by atoms with E-state index in [9.17, 15) is 0 Å². The molecule has 4 rings (SSSR count). The molecule has 0 atom stereocenters. The summed E-state index contributed by atoms with van der Waals surface area (Å²) in [5.74, 6) is 0. The molecule has 2 aromatic heterocycles. The lowest BCUT2D eigenvalue weighted by Gasteiger charge is -2.03. The summed E-state index contributed by atoms with van der Waals surface area (Å²) in [4.78, 5) is 12.2. The van der Waals surface area contributed by atoms with Crippen LogP contribution in [0.3, 0.4) is 0 Å². The second-order valence-corrected chi connectivity index (χ2v) is 8.78. The Kier molecular flexibility index (Phi) is 5.92. The lowest BCUT2D eigenvalue weighted by Crippen LogP contribution is -1.93. The van der Waals surface area contributed by atoms with Crippen molar-refractivity contribution < 1.29 is 4.84 Å². The second-order valence-electron chi connectivity index (χ2n) is 6.03. The Morgan fingerprint density at radius 2 is 2.00 bits per heavy atom. The van der Waals surface area contributed by atoms with Crippen molar-refractivity contribution in [3.63, 3.8) is 0 Å². The molecule has 0 radical (unpaired) electrons. The van der Waals surface area contributed by atoms with Crippen molar-refractivity contribution in [3.05, 3.63) is 80.9 Å². The van der Waals surface area contributed by atoms with Gasteiger partial charge in [0.25, 0.3) is 0 Å². The van der Waals surface area contributed by atoms with Crippen molar-refractivity contribution in [3.8, 4) is 0 Å². The van der Waals surface area contributed by atoms with Gasteiger partial charge in [0.15, 0.2) is 4.96 Å². The van der Waals surface area contributed by atoms with Crippen LogP contribution in [0.4, 0.5) is 0 Å². The molecule has 2 aromatic carbocycles. The Morgan fingerprint density at radius 3 is 2.79 bits per heavy atom. The number of thiazole rings is 1. The maximum Gasteiger partial charge on any atom is 0.195 e. The second kappa shape index (κ2) is 8.57. The van der Waals surface area contributed by atoms with Gasteiger partial charge in [0.1, 0.15) is 17.3 Å². The van der Waals surface area contributed by atoms with E-state index in [-0.39, 0.29) is 0 Å². The molecule has 0 spiro atoms. The van der Waals surface area contributed by atoms with Crippen molar-refractivity contribution in [2.45, 2.75) is 23.5 Å². The van der Waals surface area contributed by atoms with E-state index in [0.29, 0.717) is 16.7 Å². The Labute approximate surface area is 180 Å². The normalized spacial score (nSPS) is 11.5. The van der Waals surface area contributed by atoms with Gasteiger partial charge in [0, 0.05) is 16.5 Å². The summed E-state index contributed by atoms with van der Waals surface area (Å²) in [5, 5.41) is 8.04. The lowest BCUT2D eigenvalue weighted by molar-refractivity contribution is 0.132. The van der Waals surface area contributed by atoms with Gasteiger partial charge >= 0.3 is 0 Å². The molecule has 0 saturated heterocycles. The predicted molar refractivity (Wildman–Crippen MR) is 117 cm³/mol. The van der Waals surface area contributed by atoms with E-state index in [1.807, 2.05) is 22.0 Å². The SMILES string of the molecule is Cc1ccc(Sc2nc3sccn3c2/C=N\OCc2ccc(Cl)c(Cl)c2)cc1. The highest BCUT2D eigenvalue weighted by atomic mass is 35.5. The van der Waals surface area contributed by atoms with E-state index in [1.165, 1.54) is 5.56 Å². The van der Waals surface area contributed by atoms with Gasteiger partial charge in [-0.25, -0.2) is 4.98 Å². The Bertz CT molecular complexity index is 1140. The zero-order valence-corrected chi connectivity index (χ0v) is 17.9. The van der Waals surface area contributed by atoms with E-state index in [1.54, 1.807) is 41.4 Å². The molecule has 0 aliphatic carbocycles. The molecule has 28 heavy (non-hydrogen) atoms. The Morgan fingerprint density at radius 1 is 1.18 bits per heavy atom.